The minimum atomic E-state index is -1.00. The molecule has 1 aliphatic heterocycles. The lowest BCUT2D eigenvalue weighted by Crippen LogP contribution is -2.11. The summed E-state index contributed by atoms with van der Waals surface area (Å²) in [5.74, 6) is -0.661. The molecule has 4 nitrogen and oxygen atoms in total. The molecule has 0 saturated carbocycles. The number of aliphatic hydroxyl groups excluding tert-OH is 1. The van der Waals surface area contributed by atoms with Crippen molar-refractivity contribution in [2.75, 3.05) is 7.11 Å². The number of ether oxygens (including phenoxy) is 2. The van der Waals surface area contributed by atoms with E-state index >= 15 is 0 Å². The van der Waals surface area contributed by atoms with Gasteiger partial charge >= 0.3 is 5.97 Å². The fraction of sp³-hybridized carbons (Fsp3) is 0.364. The van der Waals surface area contributed by atoms with Crippen LogP contribution in [0, 0.1) is 5.82 Å². The SMILES string of the molecule is COC(=O)Cc1c(F)cc(Br)c2c1CC(O)O2. The fourth-order valence-corrected chi connectivity index (χ4v) is 2.33. The third kappa shape index (κ3) is 2.28. The molecule has 0 amide bonds. The summed E-state index contributed by atoms with van der Waals surface area (Å²) in [5.41, 5.74) is 0.723. The maximum Gasteiger partial charge on any atom is 0.310 e. The smallest absolute Gasteiger partial charge is 0.310 e. The minimum absolute atomic E-state index is 0.165. The molecule has 1 aliphatic rings. The van der Waals surface area contributed by atoms with E-state index in [4.69, 9.17) is 4.74 Å². The molecule has 1 atom stereocenters. The second-order valence-electron chi connectivity index (χ2n) is 3.66. The number of aliphatic hydroxyl groups is 1. The number of hydrogen-bond donors (Lipinski definition) is 1. The average molecular weight is 305 g/mol. The molecule has 1 N–H and O–H groups in total. The van der Waals surface area contributed by atoms with Crippen LogP contribution in [0.15, 0.2) is 10.5 Å². The van der Waals surface area contributed by atoms with Gasteiger partial charge < -0.3 is 14.6 Å². The summed E-state index contributed by atoms with van der Waals surface area (Å²) < 4.78 is 23.8. The molecule has 17 heavy (non-hydrogen) atoms. The molecule has 0 spiro atoms. The van der Waals surface area contributed by atoms with Gasteiger partial charge in [-0.05, 0) is 22.0 Å². The van der Waals surface area contributed by atoms with Gasteiger partial charge in [-0.3, -0.25) is 4.79 Å². The van der Waals surface area contributed by atoms with Crippen molar-refractivity contribution < 1.29 is 23.8 Å². The number of methoxy groups -OCH3 is 1. The monoisotopic (exact) mass is 304 g/mol. The van der Waals surface area contributed by atoms with E-state index in [0.29, 0.717) is 15.8 Å². The summed E-state index contributed by atoms with van der Waals surface area (Å²) in [7, 11) is 1.24. The quantitative estimate of drug-likeness (QED) is 0.843. The van der Waals surface area contributed by atoms with Gasteiger partial charge in [0.2, 0.25) is 6.29 Å². The van der Waals surface area contributed by atoms with Crippen molar-refractivity contribution in [2.24, 2.45) is 0 Å². The molecule has 0 fully saturated rings. The molecule has 1 heterocycles. The molecule has 0 aromatic heterocycles. The van der Waals surface area contributed by atoms with Crippen LogP contribution in [0.25, 0.3) is 0 Å². The minimum Gasteiger partial charge on any atom is -0.469 e. The predicted octanol–water partition coefficient (Wildman–Crippen LogP) is 1.56. The predicted molar refractivity (Wildman–Crippen MR) is 60.2 cm³/mol. The van der Waals surface area contributed by atoms with Crippen LogP contribution in [0.5, 0.6) is 5.75 Å². The van der Waals surface area contributed by atoms with Crippen molar-refractivity contribution in [2.45, 2.75) is 19.1 Å². The Hall–Kier alpha value is -1.14. The molecule has 0 saturated heterocycles. The lowest BCUT2D eigenvalue weighted by Gasteiger charge is -2.09. The summed E-state index contributed by atoms with van der Waals surface area (Å²) in [5, 5.41) is 9.40. The van der Waals surface area contributed by atoms with Gasteiger partial charge in [0.15, 0.2) is 0 Å². The van der Waals surface area contributed by atoms with Gasteiger partial charge in [0.1, 0.15) is 11.6 Å². The van der Waals surface area contributed by atoms with Crippen molar-refractivity contribution in [3.8, 4) is 5.75 Å². The van der Waals surface area contributed by atoms with Crippen molar-refractivity contribution >= 4 is 21.9 Å². The van der Waals surface area contributed by atoms with Crippen LogP contribution in [0.3, 0.4) is 0 Å². The first-order chi connectivity index (χ1) is 8.02. The topological polar surface area (TPSA) is 55.8 Å². The number of hydrogen-bond acceptors (Lipinski definition) is 4. The molecular formula is C11H10BrFO4. The first kappa shape index (κ1) is 12.3. The summed E-state index contributed by atoms with van der Waals surface area (Å²) in [6, 6.07) is 1.22. The van der Waals surface area contributed by atoms with Gasteiger partial charge in [-0.1, -0.05) is 0 Å². The van der Waals surface area contributed by atoms with E-state index in [-0.39, 0.29) is 18.4 Å². The van der Waals surface area contributed by atoms with Crippen LogP contribution < -0.4 is 4.74 Å². The highest BCUT2D eigenvalue weighted by Crippen LogP contribution is 2.39. The van der Waals surface area contributed by atoms with E-state index in [1.54, 1.807) is 0 Å². The van der Waals surface area contributed by atoms with E-state index in [1.807, 2.05) is 0 Å². The van der Waals surface area contributed by atoms with Crippen molar-refractivity contribution in [1.82, 2.24) is 0 Å². The Balaban J connectivity index is 2.46. The molecule has 1 aromatic carbocycles. The lowest BCUT2D eigenvalue weighted by molar-refractivity contribution is -0.139. The zero-order chi connectivity index (χ0) is 12.6. The van der Waals surface area contributed by atoms with Crippen LogP contribution in [0.2, 0.25) is 0 Å². The lowest BCUT2D eigenvalue weighted by atomic mass is 10.0. The van der Waals surface area contributed by atoms with Gasteiger partial charge in [-0.25, -0.2) is 4.39 Å². The van der Waals surface area contributed by atoms with Gasteiger partial charge in [0.25, 0.3) is 0 Å². The van der Waals surface area contributed by atoms with E-state index in [1.165, 1.54) is 13.2 Å². The van der Waals surface area contributed by atoms with Crippen LogP contribution >= 0.6 is 15.9 Å². The fourth-order valence-electron chi connectivity index (χ4n) is 1.79. The summed E-state index contributed by atoms with van der Waals surface area (Å²) in [6.45, 7) is 0. The molecule has 0 bridgehead atoms. The molecule has 0 aliphatic carbocycles. The molecule has 0 radical (unpaired) electrons. The largest absolute Gasteiger partial charge is 0.469 e. The first-order valence-electron chi connectivity index (χ1n) is 4.94. The maximum absolute atomic E-state index is 13.8. The normalized spacial score (nSPS) is 17.5. The number of carbonyl (C=O) groups is 1. The Morgan fingerprint density at radius 1 is 1.76 bits per heavy atom. The molecular weight excluding hydrogens is 295 g/mol. The molecule has 1 unspecified atom stereocenters. The Bertz CT molecular complexity index is 475. The van der Waals surface area contributed by atoms with Gasteiger partial charge in [-0.2, -0.15) is 0 Å². The number of rotatable bonds is 2. The van der Waals surface area contributed by atoms with Gasteiger partial charge in [0, 0.05) is 17.5 Å². The van der Waals surface area contributed by atoms with Crippen LogP contribution in [-0.4, -0.2) is 24.5 Å². The Morgan fingerprint density at radius 2 is 2.47 bits per heavy atom. The van der Waals surface area contributed by atoms with Crippen molar-refractivity contribution in [3.05, 3.63) is 27.5 Å². The number of esters is 1. The zero-order valence-corrected chi connectivity index (χ0v) is 10.6. The number of benzene rings is 1. The summed E-state index contributed by atoms with van der Waals surface area (Å²) >= 11 is 3.15. The third-order valence-corrected chi connectivity index (χ3v) is 3.17. The Kier molecular flexibility index (Phi) is 3.35. The van der Waals surface area contributed by atoms with E-state index in [2.05, 4.69) is 20.7 Å². The summed E-state index contributed by atoms with van der Waals surface area (Å²) in [4.78, 5) is 11.2. The third-order valence-electron chi connectivity index (χ3n) is 2.58. The number of carbonyl (C=O) groups excluding carboxylic acids is 1. The average Bonchev–Trinajstić information content (AvgIpc) is 2.66. The molecule has 92 valence electrons. The van der Waals surface area contributed by atoms with Gasteiger partial charge in [0.05, 0.1) is 18.0 Å². The first-order valence-corrected chi connectivity index (χ1v) is 5.73. The van der Waals surface area contributed by atoms with Crippen molar-refractivity contribution in [3.63, 3.8) is 0 Å². The highest BCUT2D eigenvalue weighted by atomic mass is 79.9. The highest BCUT2D eigenvalue weighted by Gasteiger charge is 2.29. The van der Waals surface area contributed by atoms with Crippen LogP contribution in [0.4, 0.5) is 4.39 Å². The van der Waals surface area contributed by atoms with Crippen LogP contribution in [0.1, 0.15) is 11.1 Å². The second kappa shape index (κ2) is 4.62. The van der Waals surface area contributed by atoms with E-state index in [0.717, 1.165) is 0 Å². The maximum atomic E-state index is 13.8. The number of fused-ring (bicyclic) bond motifs is 1. The molecule has 6 heteroatoms. The zero-order valence-electron chi connectivity index (χ0n) is 9.00. The summed E-state index contributed by atoms with van der Waals surface area (Å²) in [6.07, 6.45) is -1.01. The molecule has 2 rings (SSSR count). The number of halogens is 2. The second-order valence-corrected chi connectivity index (χ2v) is 4.51. The Morgan fingerprint density at radius 3 is 3.12 bits per heavy atom. The van der Waals surface area contributed by atoms with Crippen molar-refractivity contribution in [1.29, 1.82) is 0 Å². The Labute approximate surface area is 105 Å². The standard InChI is InChI=1S/C11H10BrFO4/c1-16-9(14)2-5-6-3-10(15)17-11(6)7(12)4-8(5)13/h4,10,15H,2-3H2,1H3. The van der Waals surface area contributed by atoms with Gasteiger partial charge in [-0.15, -0.1) is 0 Å². The highest BCUT2D eigenvalue weighted by molar-refractivity contribution is 9.10. The van der Waals surface area contributed by atoms with E-state index in [9.17, 15) is 14.3 Å². The van der Waals surface area contributed by atoms with Crippen LogP contribution in [-0.2, 0) is 22.4 Å². The van der Waals surface area contributed by atoms with E-state index < -0.39 is 18.1 Å². The molecule has 1 aromatic rings.